The number of hydrogen-bond acceptors (Lipinski definition) is 3. The number of methoxy groups -OCH3 is 1. The number of nitrogens with one attached hydrogen (secondary N) is 2. The number of carbonyl (C=O) groups is 1. The van der Waals surface area contributed by atoms with Crippen molar-refractivity contribution >= 4 is 16.8 Å². The van der Waals surface area contributed by atoms with E-state index >= 15 is 0 Å². The summed E-state index contributed by atoms with van der Waals surface area (Å²) in [5.41, 5.74) is 0.987. The molecule has 3 atom stereocenters. The zero-order valence-corrected chi connectivity index (χ0v) is 13.2. The molecule has 1 aromatic rings. The van der Waals surface area contributed by atoms with Crippen LogP contribution >= 0.6 is 0 Å². The van der Waals surface area contributed by atoms with Crippen molar-refractivity contribution in [2.75, 3.05) is 13.4 Å². The first kappa shape index (κ1) is 16.0. The second kappa shape index (κ2) is 7.56. The highest BCUT2D eigenvalue weighted by atomic mass is 32.2. The summed E-state index contributed by atoms with van der Waals surface area (Å²) in [6.45, 7) is 0.461. The standard InChI is InChI=1S/C15H22N2O3S/c1-20-13-6-5-12(9-13)17-15(18)16-10-11-3-7-14(8-4-11)21(2)19/h3-4,7-8,12-13H,5-6,9-10H2,1-2H3,(H2,16,17,18). The summed E-state index contributed by atoms with van der Waals surface area (Å²) in [5, 5.41) is 5.81. The van der Waals surface area contributed by atoms with Crippen LogP contribution in [0, 0.1) is 0 Å². The maximum absolute atomic E-state index is 11.8. The molecule has 3 unspecified atom stereocenters. The number of rotatable bonds is 5. The van der Waals surface area contributed by atoms with Crippen LogP contribution in [0.1, 0.15) is 24.8 Å². The molecule has 0 spiro atoms. The quantitative estimate of drug-likeness (QED) is 0.871. The van der Waals surface area contributed by atoms with E-state index in [4.69, 9.17) is 4.74 Å². The summed E-state index contributed by atoms with van der Waals surface area (Å²) in [6, 6.07) is 7.46. The zero-order chi connectivity index (χ0) is 15.2. The topological polar surface area (TPSA) is 67.4 Å². The smallest absolute Gasteiger partial charge is 0.315 e. The number of ether oxygens (including phenoxy) is 1. The Balaban J connectivity index is 1.75. The molecular formula is C15H22N2O3S. The van der Waals surface area contributed by atoms with Gasteiger partial charge in [0.05, 0.1) is 6.10 Å². The average Bonchev–Trinajstić information content (AvgIpc) is 2.93. The molecule has 1 fully saturated rings. The van der Waals surface area contributed by atoms with Crippen molar-refractivity contribution in [3.63, 3.8) is 0 Å². The fourth-order valence-corrected chi connectivity index (χ4v) is 3.02. The molecule has 6 heteroatoms. The summed E-state index contributed by atoms with van der Waals surface area (Å²) >= 11 is 0. The minimum Gasteiger partial charge on any atom is -0.381 e. The van der Waals surface area contributed by atoms with E-state index in [0.717, 1.165) is 29.7 Å². The molecule has 5 nitrogen and oxygen atoms in total. The van der Waals surface area contributed by atoms with Crippen LogP contribution in [0.15, 0.2) is 29.2 Å². The Morgan fingerprint density at radius 1 is 1.33 bits per heavy atom. The lowest BCUT2D eigenvalue weighted by Gasteiger charge is -2.14. The second-order valence-electron chi connectivity index (χ2n) is 5.29. The van der Waals surface area contributed by atoms with Crippen LogP contribution in [0.2, 0.25) is 0 Å². The lowest BCUT2D eigenvalue weighted by atomic mass is 10.2. The summed E-state index contributed by atoms with van der Waals surface area (Å²) in [5.74, 6) is 0. The van der Waals surface area contributed by atoms with Gasteiger partial charge in [-0.2, -0.15) is 0 Å². The van der Waals surface area contributed by atoms with E-state index in [1.807, 2.05) is 24.3 Å². The van der Waals surface area contributed by atoms with Gasteiger partial charge in [-0.25, -0.2) is 4.79 Å². The molecule has 0 heterocycles. The van der Waals surface area contributed by atoms with Crippen LogP contribution in [0.5, 0.6) is 0 Å². The van der Waals surface area contributed by atoms with E-state index in [0.29, 0.717) is 6.54 Å². The van der Waals surface area contributed by atoms with Gasteiger partial charge < -0.3 is 15.4 Å². The van der Waals surface area contributed by atoms with Crippen molar-refractivity contribution in [2.45, 2.75) is 42.8 Å². The fraction of sp³-hybridized carbons (Fsp3) is 0.533. The van der Waals surface area contributed by atoms with Gasteiger partial charge in [-0.1, -0.05) is 12.1 Å². The number of benzene rings is 1. The molecule has 1 aliphatic rings. The zero-order valence-electron chi connectivity index (χ0n) is 12.4. The highest BCUT2D eigenvalue weighted by Gasteiger charge is 2.25. The molecule has 1 aromatic carbocycles. The van der Waals surface area contributed by atoms with Gasteiger partial charge in [-0.15, -0.1) is 0 Å². The summed E-state index contributed by atoms with van der Waals surface area (Å²) < 4.78 is 16.6. The highest BCUT2D eigenvalue weighted by molar-refractivity contribution is 7.84. The molecule has 0 radical (unpaired) electrons. The van der Waals surface area contributed by atoms with Crippen LogP contribution in [-0.4, -0.2) is 35.8 Å². The van der Waals surface area contributed by atoms with Crippen LogP contribution in [-0.2, 0) is 22.1 Å². The SMILES string of the molecule is COC1CCC(NC(=O)NCc2ccc(S(C)=O)cc2)C1. The molecule has 0 bridgehead atoms. The van der Waals surface area contributed by atoms with Gasteiger partial charge in [0.2, 0.25) is 0 Å². The molecule has 116 valence electrons. The summed E-state index contributed by atoms with van der Waals surface area (Å²) in [4.78, 5) is 12.6. The van der Waals surface area contributed by atoms with Crippen molar-refractivity contribution in [1.29, 1.82) is 0 Å². The lowest BCUT2D eigenvalue weighted by molar-refractivity contribution is 0.107. The largest absolute Gasteiger partial charge is 0.381 e. The number of hydrogen-bond donors (Lipinski definition) is 2. The Kier molecular flexibility index (Phi) is 5.76. The predicted molar refractivity (Wildman–Crippen MR) is 82.6 cm³/mol. The fourth-order valence-electron chi connectivity index (χ4n) is 2.50. The van der Waals surface area contributed by atoms with Crippen molar-refractivity contribution < 1.29 is 13.7 Å². The Bertz CT molecular complexity index is 504. The Labute approximate surface area is 127 Å². The first-order valence-corrected chi connectivity index (χ1v) is 8.64. The average molecular weight is 310 g/mol. The number of urea groups is 1. The molecule has 0 saturated heterocycles. The second-order valence-corrected chi connectivity index (χ2v) is 6.67. The minimum absolute atomic E-state index is 0.153. The van der Waals surface area contributed by atoms with Gasteiger partial charge in [0.15, 0.2) is 0 Å². The molecule has 1 aliphatic carbocycles. The summed E-state index contributed by atoms with van der Waals surface area (Å²) in [7, 11) is 0.739. The third kappa shape index (κ3) is 4.82. The Morgan fingerprint density at radius 3 is 2.62 bits per heavy atom. The van der Waals surface area contributed by atoms with Crippen LogP contribution in [0.25, 0.3) is 0 Å². The van der Waals surface area contributed by atoms with Gasteiger partial charge in [0, 0.05) is 41.6 Å². The maximum atomic E-state index is 11.8. The number of amides is 2. The van der Waals surface area contributed by atoms with E-state index in [-0.39, 0.29) is 18.2 Å². The monoisotopic (exact) mass is 310 g/mol. The number of carbonyl (C=O) groups excluding carboxylic acids is 1. The van der Waals surface area contributed by atoms with E-state index < -0.39 is 10.8 Å². The van der Waals surface area contributed by atoms with E-state index in [1.54, 1.807) is 13.4 Å². The molecule has 2 rings (SSSR count). The highest BCUT2D eigenvalue weighted by Crippen LogP contribution is 2.21. The van der Waals surface area contributed by atoms with Crippen molar-refractivity contribution in [1.82, 2.24) is 10.6 Å². The van der Waals surface area contributed by atoms with Gasteiger partial charge in [-0.3, -0.25) is 4.21 Å². The molecule has 2 N–H and O–H groups in total. The van der Waals surface area contributed by atoms with Gasteiger partial charge in [-0.05, 0) is 37.0 Å². The van der Waals surface area contributed by atoms with E-state index in [1.165, 1.54) is 0 Å². The van der Waals surface area contributed by atoms with Crippen LogP contribution < -0.4 is 10.6 Å². The molecular weight excluding hydrogens is 288 g/mol. The third-order valence-electron chi connectivity index (χ3n) is 3.76. The van der Waals surface area contributed by atoms with Gasteiger partial charge >= 0.3 is 6.03 Å². The normalized spacial score (nSPS) is 22.8. The molecule has 0 aliphatic heterocycles. The summed E-state index contributed by atoms with van der Waals surface area (Å²) in [6.07, 6.45) is 4.74. The Hall–Kier alpha value is -1.40. The van der Waals surface area contributed by atoms with E-state index in [9.17, 15) is 9.00 Å². The first-order chi connectivity index (χ1) is 10.1. The minimum atomic E-state index is -0.969. The van der Waals surface area contributed by atoms with Crippen LogP contribution in [0.4, 0.5) is 4.79 Å². The van der Waals surface area contributed by atoms with Crippen molar-refractivity contribution in [3.8, 4) is 0 Å². The first-order valence-electron chi connectivity index (χ1n) is 7.08. The van der Waals surface area contributed by atoms with Crippen molar-refractivity contribution in [2.24, 2.45) is 0 Å². The van der Waals surface area contributed by atoms with Gasteiger partial charge in [0.25, 0.3) is 0 Å². The lowest BCUT2D eigenvalue weighted by Crippen LogP contribution is -2.40. The maximum Gasteiger partial charge on any atom is 0.315 e. The molecule has 1 saturated carbocycles. The molecule has 0 aromatic heterocycles. The molecule has 2 amide bonds. The Morgan fingerprint density at radius 2 is 2.05 bits per heavy atom. The van der Waals surface area contributed by atoms with E-state index in [2.05, 4.69) is 10.6 Å². The third-order valence-corrected chi connectivity index (χ3v) is 4.70. The predicted octanol–water partition coefficient (Wildman–Crippen LogP) is 1.79. The van der Waals surface area contributed by atoms with Gasteiger partial charge in [0.1, 0.15) is 0 Å². The van der Waals surface area contributed by atoms with Crippen LogP contribution in [0.3, 0.4) is 0 Å². The van der Waals surface area contributed by atoms with Crippen molar-refractivity contribution in [3.05, 3.63) is 29.8 Å². The molecule has 21 heavy (non-hydrogen) atoms.